The van der Waals surface area contributed by atoms with E-state index >= 15 is 0 Å². The van der Waals surface area contributed by atoms with Crippen molar-refractivity contribution in [1.82, 2.24) is 0 Å². The molecule has 0 atom stereocenters. The second-order valence-corrected chi connectivity index (χ2v) is 18.7. The van der Waals surface area contributed by atoms with Crippen LogP contribution in [0.3, 0.4) is 0 Å². The Morgan fingerprint density at radius 3 is 1.18 bits per heavy atom. The van der Waals surface area contributed by atoms with Crippen molar-refractivity contribution in [3.63, 3.8) is 0 Å². The second kappa shape index (κ2) is 18.8. The highest BCUT2D eigenvalue weighted by atomic mass is 35.8. The minimum Gasteiger partial charge on any atom is -0.328 e. The zero-order valence-electron chi connectivity index (χ0n) is 19.2. The van der Waals surface area contributed by atoms with Crippen LogP contribution in [0.4, 0.5) is 0 Å². The van der Waals surface area contributed by atoms with Gasteiger partial charge in [0.2, 0.25) is 0 Å². The number of nitrogens with zero attached hydrogens (tertiary/aromatic N) is 1. The average Bonchev–Trinajstić information content (AvgIpc) is 2.60. The Bertz CT molecular complexity index is 332. The summed E-state index contributed by atoms with van der Waals surface area (Å²) >= 11 is 17.9. The van der Waals surface area contributed by atoms with E-state index in [1.54, 1.807) is 0 Å². The van der Waals surface area contributed by atoms with Crippen LogP contribution in [0.1, 0.15) is 116 Å². The van der Waals surface area contributed by atoms with Crippen LogP contribution in [0.5, 0.6) is 0 Å². The summed E-state index contributed by atoms with van der Waals surface area (Å²) in [6, 6.07) is -1.64. The minimum atomic E-state index is -2.43. The van der Waals surface area contributed by atoms with E-state index in [1.165, 1.54) is 109 Å². The maximum Gasteiger partial charge on any atom is 0.341 e. The van der Waals surface area contributed by atoms with Crippen LogP contribution < -0.4 is 0 Å². The molecule has 0 spiro atoms. The van der Waals surface area contributed by atoms with Gasteiger partial charge in [-0.2, -0.15) is 0 Å². The van der Waals surface area contributed by atoms with Crippen LogP contribution in [0.2, 0.25) is 6.04 Å². The van der Waals surface area contributed by atoms with Crippen molar-refractivity contribution in [2.45, 2.75) is 122 Å². The molecule has 0 N–H and O–H groups in total. The lowest BCUT2D eigenvalue weighted by atomic mass is 10.0. The molecule has 0 aliphatic rings. The van der Waals surface area contributed by atoms with E-state index in [9.17, 15) is 0 Å². The van der Waals surface area contributed by atoms with Gasteiger partial charge in [-0.1, -0.05) is 96.8 Å². The van der Waals surface area contributed by atoms with Crippen molar-refractivity contribution in [3.05, 3.63) is 0 Å². The molecule has 0 heterocycles. The number of rotatable bonds is 21. The molecule has 0 saturated carbocycles. The van der Waals surface area contributed by atoms with E-state index < -0.39 is 6.00 Å². The summed E-state index contributed by atoms with van der Waals surface area (Å²) in [6.07, 6.45) is 23.9. The third kappa shape index (κ3) is 23.3. The molecule has 0 rings (SSSR count). The van der Waals surface area contributed by atoms with E-state index in [2.05, 4.69) is 21.0 Å². The molecule has 5 heteroatoms. The first kappa shape index (κ1) is 29.0. The van der Waals surface area contributed by atoms with Gasteiger partial charge in [0, 0.05) is 0 Å². The van der Waals surface area contributed by atoms with Crippen LogP contribution in [0.25, 0.3) is 0 Å². The molecule has 0 aliphatic carbocycles. The molecule has 28 heavy (non-hydrogen) atoms. The summed E-state index contributed by atoms with van der Waals surface area (Å²) < 4.78 is 1.06. The zero-order chi connectivity index (χ0) is 21.1. The first-order chi connectivity index (χ1) is 13.3. The summed E-state index contributed by atoms with van der Waals surface area (Å²) in [5, 5.41) is 0. The molecule has 0 bridgehead atoms. The zero-order valence-corrected chi connectivity index (χ0v) is 22.5. The number of quaternary nitrogens is 1. The van der Waals surface area contributed by atoms with Crippen molar-refractivity contribution in [2.75, 3.05) is 27.2 Å². The minimum absolute atomic E-state index is 0.790. The second-order valence-electron chi connectivity index (χ2n) is 9.40. The summed E-state index contributed by atoms with van der Waals surface area (Å²) in [6.45, 7) is 4.67. The van der Waals surface area contributed by atoms with E-state index in [-0.39, 0.29) is 0 Å². The fourth-order valence-corrected chi connectivity index (χ4v) is 5.67. The molecule has 170 valence electrons. The van der Waals surface area contributed by atoms with Gasteiger partial charge in [-0.25, -0.2) is 0 Å². The van der Waals surface area contributed by atoms with Gasteiger partial charge in [0.15, 0.2) is 0 Å². The largest absolute Gasteiger partial charge is 0.341 e. The van der Waals surface area contributed by atoms with Crippen LogP contribution >= 0.6 is 33.2 Å². The van der Waals surface area contributed by atoms with E-state index in [1.807, 2.05) is 0 Å². The predicted molar refractivity (Wildman–Crippen MR) is 134 cm³/mol. The molecule has 0 aliphatic heterocycles. The summed E-state index contributed by atoms with van der Waals surface area (Å²) in [5.74, 6) is 0. The molecule has 0 unspecified atom stereocenters. The molecule has 0 amide bonds. The Morgan fingerprint density at radius 1 is 0.500 bits per heavy atom. The van der Waals surface area contributed by atoms with Gasteiger partial charge in [0.25, 0.3) is 0 Å². The van der Waals surface area contributed by atoms with Crippen LogP contribution in [0, 0.1) is 0 Å². The van der Waals surface area contributed by atoms with Gasteiger partial charge < -0.3 is 4.48 Å². The topological polar surface area (TPSA) is 0 Å². The standard InChI is InChI=1S/C23H49Cl3NSi/c1-4-5-6-7-8-9-10-11-12-13-14-15-16-17-18-19-21-27(2,3)22-20-23-28(24,25)26/h4-23H2,1-3H3/q+1. The maximum absolute atomic E-state index is 5.98. The Morgan fingerprint density at radius 2 is 0.821 bits per heavy atom. The maximum atomic E-state index is 5.98. The summed E-state index contributed by atoms with van der Waals surface area (Å²) in [7, 11) is 4.62. The van der Waals surface area contributed by atoms with Gasteiger partial charge in [0.05, 0.1) is 27.2 Å². The first-order valence-corrected chi connectivity index (χ1v) is 17.4. The molecule has 0 aromatic heterocycles. The third-order valence-corrected chi connectivity index (χ3v) is 8.46. The fourth-order valence-electron chi connectivity index (χ4n) is 3.91. The third-order valence-electron chi connectivity index (χ3n) is 5.84. The molecule has 0 radical (unpaired) electrons. The number of halogens is 3. The highest BCUT2D eigenvalue weighted by Gasteiger charge is 2.26. The van der Waals surface area contributed by atoms with Gasteiger partial charge in [0.1, 0.15) is 0 Å². The van der Waals surface area contributed by atoms with E-state index in [4.69, 9.17) is 33.2 Å². The van der Waals surface area contributed by atoms with Gasteiger partial charge >= 0.3 is 6.00 Å². The monoisotopic (exact) mass is 472 g/mol. The number of hydrogen-bond donors (Lipinski definition) is 0. The highest BCUT2D eigenvalue weighted by molar-refractivity contribution is 7.64. The fraction of sp³-hybridized carbons (Fsp3) is 1.00. The van der Waals surface area contributed by atoms with Gasteiger partial charge in [-0.3, -0.25) is 0 Å². The SMILES string of the molecule is CCCCCCCCCCCCCCCCCC[N+](C)(C)CCC[Si](Cl)(Cl)Cl. The van der Waals surface area contributed by atoms with Crippen molar-refractivity contribution in [2.24, 2.45) is 0 Å². The average molecular weight is 474 g/mol. The number of unbranched alkanes of at least 4 members (excludes halogenated alkanes) is 15. The lowest BCUT2D eigenvalue weighted by Gasteiger charge is -2.30. The van der Waals surface area contributed by atoms with Crippen molar-refractivity contribution in [3.8, 4) is 0 Å². The first-order valence-electron chi connectivity index (χ1n) is 12.2. The smallest absolute Gasteiger partial charge is 0.328 e. The molecule has 0 fully saturated rings. The predicted octanol–water partition coefficient (Wildman–Crippen LogP) is 9.37. The van der Waals surface area contributed by atoms with Crippen molar-refractivity contribution >= 4 is 39.2 Å². The van der Waals surface area contributed by atoms with Crippen LogP contribution in [-0.4, -0.2) is 37.7 Å². The summed E-state index contributed by atoms with van der Waals surface area (Å²) in [4.78, 5) is 0. The Labute approximate surface area is 192 Å². The highest BCUT2D eigenvalue weighted by Crippen LogP contribution is 2.26. The van der Waals surface area contributed by atoms with E-state index in [0.29, 0.717) is 0 Å². The Balaban J connectivity index is 3.28. The molecule has 1 nitrogen and oxygen atoms in total. The van der Waals surface area contributed by atoms with E-state index in [0.717, 1.165) is 23.5 Å². The Hall–Kier alpha value is 1.05. The number of hydrogen-bond acceptors (Lipinski definition) is 0. The van der Waals surface area contributed by atoms with Gasteiger partial charge in [-0.15, -0.1) is 33.2 Å². The lowest BCUT2D eigenvalue weighted by molar-refractivity contribution is -0.890. The molecule has 0 aromatic carbocycles. The van der Waals surface area contributed by atoms with Crippen LogP contribution in [-0.2, 0) is 0 Å². The molecular weight excluding hydrogens is 425 g/mol. The van der Waals surface area contributed by atoms with Crippen molar-refractivity contribution in [1.29, 1.82) is 0 Å². The Kier molecular flexibility index (Phi) is 19.5. The summed E-state index contributed by atoms with van der Waals surface area (Å²) in [5.41, 5.74) is 0. The van der Waals surface area contributed by atoms with Crippen LogP contribution in [0.15, 0.2) is 0 Å². The molecular formula is C23H49Cl3NSi+. The molecule has 0 aromatic rings. The van der Waals surface area contributed by atoms with Crippen molar-refractivity contribution < 1.29 is 4.48 Å². The normalized spacial score (nSPS) is 12.6. The molecule has 0 saturated heterocycles. The van der Waals surface area contributed by atoms with Gasteiger partial charge in [-0.05, 0) is 25.3 Å². The quantitative estimate of drug-likeness (QED) is 0.0673. The lowest BCUT2D eigenvalue weighted by Crippen LogP contribution is -2.41.